The largest absolute Gasteiger partial charge is 0.381 e. The van der Waals surface area contributed by atoms with Crippen molar-refractivity contribution in [2.45, 2.75) is 61.1 Å². The Kier molecular flexibility index (Phi) is 3.60. The number of nitrogens with one attached hydrogen (secondary N) is 1. The van der Waals surface area contributed by atoms with E-state index in [2.05, 4.69) is 41.3 Å². The molecule has 3 rings (SSSR count). The van der Waals surface area contributed by atoms with Crippen LogP contribution in [0.5, 0.6) is 0 Å². The smallest absolute Gasteiger partial charge is 0.0480 e. The third-order valence-corrected chi connectivity index (χ3v) is 5.36. The number of anilines is 1. The summed E-state index contributed by atoms with van der Waals surface area (Å²) in [6, 6.07) is 9.59. The van der Waals surface area contributed by atoms with Gasteiger partial charge in [0.05, 0.1) is 0 Å². The highest BCUT2D eigenvalue weighted by atomic mass is 32.2. The lowest BCUT2D eigenvalue weighted by Crippen LogP contribution is -2.27. The summed E-state index contributed by atoms with van der Waals surface area (Å²) >= 11 is 2.09. The van der Waals surface area contributed by atoms with Gasteiger partial charge in [-0.3, -0.25) is 0 Å². The molecular formula is C15H21NS. The van der Waals surface area contributed by atoms with Crippen molar-refractivity contribution in [1.82, 2.24) is 0 Å². The average Bonchev–Trinajstić information content (AvgIpc) is 2.78. The molecule has 1 aromatic carbocycles. The van der Waals surface area contributed by atoms with E-state index in [4.69, 9.17) is 0 Å². The van der Waals surface area contributed by atoms with Crippen LogP contribution >= 0.6 is 11.8 Å². The van der Waals surface area contributed by atoms with Crippen molar-refractivity contribution < 1.29 is 0 Å². The van der Waals surface area contributed by atoms with Crippen molar-refractivity contribution in [3.05, 3.63) is 24.3 Å². The molecule has 0 heterocycles. The standard InChI is InChI=1S/C15H21NS/c1-2-9-13(8-1)17-15-11-4-3-10-14(15)16-12-6-5-7-12/h3-4,10-13,16H,1-2,5-9H2. The van der Waals surface area contributed by atoms with Gasteiger partial charge in [0.1, 0.15) is 0 Å². The average molecular weight is 247 g/mol. The Morgan fingerprint density at radius 2 is 1.71 bits per heavy atom. The van der Waals surface area contributed by atoms with E-state index in [1.165, 1.54) is 55.5 Å². The fraction of sp³-hybridized carbons (Fsp3) is 0.600. The lowest BCUT2D eigenvalue weighted by atomic mass is 9.93. The van der Waals surface area contributed by atoms with Gasteiger partial charge in [-0.05, 0) is 44.2 Å². The van der Waals surface area contributed by atoms with E-state index >= 15 is 0 Å². The van der Waals surface area contributed by atoms with Crippen molar-refractivity contribution in [1.29, 1.82) is 0 Å². The number of benzene rings is 1. The number of para-hydroxylation sites is 1. The zero-order valence-corrected chi connectivity index (χ0v) is 11.1. The Morgan fingerprint density at radius 3 is 2.41 bits per heavy atom. The maximum atomic E-state index is 3.70. The highest BCUT2D eigenvalue weighted by Gasteiger charge is 2.20. The normalized spacial score (nSPS) is 21.4. The minimum Gasteiger partial charge on any atom is -0.381 e. The molecule has 0 atom stereocenters. The monoisotopic (exact) mass is 247 g/mol. The van der Waals surface area contributed by atoms with Crippen molar-refractivity contribution in [3.63, 3.8) is 0 Å². The van der Waals surface area contributed by atoms with Crippen LogP contribution in [0.3, 0.4) is 0 Å². The van der Waals surface area contributed by atoms with E-state index in [1.807, 2.05) is 0 Å². The lowest BCUT2D eigenvalue weighted by molar-refractivity contribution is 0.445. The maximum Gasteiger partial charge on any atom is 0.0480 e. The van der Waals surface area contributed by atoms with Gasteiger partial charge in [-0.25, -0.2) is 0 Å². The summed E-state index contributed by atoms with van der Waals surface area (Å²) in [6.07, 6.45) is 9.76. The molecule has 0 saturated heterocycles. The molecule has 2 heteroatoms. The lowest BCUT2D eigenvalue weighted by Gasteiger charge is -2.28. The van der Waals surface area contributed by atoms with Gasteiger partial charge >= 0.3 is 0 Å². The van der Waals surface area contributed by atoms with Gasteiger partial charge in [0, 0.05) is 21.9 Å². The molecule has 2 aliphatic carbocycles. The molecule has 2 saturated carbocycles. The predicted molar refractivity (Wildman–Crippen MR) is 75.8 cm³/mol. The Hall–Kier alpha value is -0.630. The fourth-order valence-electron chi connectivity index (χ4n) is 2.65. The summed E-state index contributed by atoms with van der Waals surface area (Å²) < 4.78 is 0. The highest BCUT2D eigenvalue weighted by molar-refractivity contribution is 8.00. The first-order chi connectivity index (χ1) is 8.42. The van der Waals surface area contributed by atoms with Crippen molar-refractivity contribution >= 4 is 17.4 Å². The van der Waals surface area contributed by atoms with Gasteiger partial charge in [0.25, 0.3) is 0 Å². The molecule has 0 aromatic heterocycles. The van der Waals surface area contributed by atoms with Gasteiger partial charge in [-0.2, -0.15) is 0 Å². The summed E-state index contributed by atoms with van der Waals surface area (Å²) in [5, 5.41) is 4.56. The van der Waals surface area contributed by atoms with E-state index in [9.17, 15) is 0 Å². The molecule has 0 bridgehead atoms. The molecule has 1 N–H and O–H groups in total. The molecule has 92 valence electrons. The first-order valence-corrected chi connectivity index (χ1v) is 7.82. The van der Waals surface area contributed by atoms with Gasteiger partial charge in [0.2, 0.25) is 0 Å². The summed E-state index contributed by atoms with van der Waals surface area (Å²) in [6.45, 7) is 0. The van der Waals surface area contributed by atoms with E-state index in [0.717, 1.165) is 11.3 Å². The quantitative estimate of drug-likeness (QED) is 0.828. The van der Waals surface area contributed by atoms with Gasteiger partial charge in [-0.1, -0.05) is 25.0 Å². The molecule has 1 nitrogen and oxygen atoms in total. The summed E-state index contributed by atoms with van der Waals surface area (Å²) in [5.41, 5.74) is 1.37. The Bertz CT molecular complexity index is 367. The molecule has 17 heavy (non-hydrogen) atoms. The second-order valence-electron chi connectivity index (χ2n) is 5.29. The van der Waals surface area contributed by atoms with Crippen LogP contribution in [0.2, 0.25) is 0 Å². The second-order valence-corrected chi connectivity index (χ2v) is 6.63. The van der Waals surface area contributed by atoms with Crippen LogP contribution in [0.4, 0.5) is 5.69 Å². The Labute approximate surface area is 108 Å². The SMILES string of the molecule is c1ccc(SC2CCCC2)c(NC2CCC2)c1. The van der Waals surface area contributed by atoms with E-state index in [-0.39, 0.29) is 0 Å². The Morgan fingerprint density at radius 1 is 0.941 bits per heavy atom. The summed E-state index contributed by atoms with van der Waals surface area (Å²) in [4.78, 5) is 1.46. The molecule has 1 aromatic rings. The third-order valence-electron chi connectivity index (χ3n) is 3.95. The molecule has 0 spiro atoms. The molecule has 0 aliphatic heterocycles. The van der Waals surface area contributed by atoms with Crippen LogP contribution in [-0.2, 0) is 0 Å². The van der Waals surface area contributed by atoms with Crippen molar-refractivity contribution in [2.75, 3.05) is 5.32 Å². The van der Waals surface area contributed by atoms with Crippen LogP contribution in [-0.4, -0.2) is 11.3 Å². The topological polar surface area (TPSA) is 12.0 Å². The van der Waals surface area contributed by atoms with Gasteiger partial charge < -0.3 is 5.32 Å². The Balaban J connectivity index is 1.68. The maximum absolute atomic E-state index is 3.70. The first-order valence-electron chi connectivity index (χ1n) is 6.94. The molecule has 2 aliphatic rings. The molecule has 0 amide bonds. The van der Waals surface area contributed by atoms with Gasteiger partial charge in [-0.15, -0.1) is 11.8 Å². The zero-order valence-electron chi connectivity index (χ0n) is 10.3. The predicted octanol–water partition coefficient (Wildman–Crippen LogP) is 4.69. The molecule has 0 radical (unpaired) electrons. The van der Waals surface area contributed by atoms with Crippen LogP contribution < -0.4 is 5.32 Å². The van der Waals surface area contributed by atoms with Gasteiger partial charge in [0.15, 0.2) is 0 Å². The number of rotatable bonds is 4. The van der Waals surface area contributed by atoms with E-state index in [1.54, 1.807) is 0 Å². The first kappa shape index (κ1) is 11.5. The third kappa shape index (κ3) is 2.79. The van der Waals surface area contributed by atoms with Crippen molar-refractivity contribution in [3.8, 4) is 0 Å². The zero-order chi connectivity index (χ0) is 11.5. The second kappa shape index (κ2) is 5.34. The minimum atomic E-state index is 0.736. The summed E-state index contributed by atoms with van der Waals surface area (Å²) in [7, 11) is 0. The molecule has 0 unspecified atom stereocenters. The highest BCUT2D eigenvalue weighted by Crippen LogP contribution is 2.38. The van der Waals surface area contributed by atoms with Crippen LogP contribution in [0, 0.1) is 0 Å². The number of hydrogen-bond acceptors (Lipinski definition) is 2. The van der Waals surface area contributed by atoms with Crippen LogP contribution in [0.25, 0.3) is 0 Å². The minimum absolute atomic E-state index is 0.736. The van der Waals surface area contributed by atoms with E-state index in [0.29, 0.717) is 0 Å². The van der Waals surface area contributed by atoms with Crippen LogP contribution in [0.1, 0.15) is 44.9 Å². The number of hydrogen-bond donors (Lipinski definition) is 1. The van der Waals surface area contributed by atoms with Crippen molar-refractivity contribution in [2.24, 2.45) is 0 Å². The summed E-state index contributed by atoms with van der Waals surface area (Å²) in [5.74, 6) is 0. The molecule has 2 fully saturated rings. The van der Waals surface area contributed by atoms with E-state index < -0.39 is 0 Å². The fourth-order valence-corrected chi connectivity index (χ4v) is 3.99. The number of thioether (sulfide) groups is 1. The molecular weight excluding hydrogens is 226 g/mol. The van der Waals surface area contributed by atoms with Crippen LogP contribution in [0.15, 0.2) is 29.2 Å².